The fraction of sp³-hybridized carbons (Fsp3) is 0.350. The molecule has 2 aromatic heterocycles. The van der Waals surface area contributed by atoms with Crippen LogP contribution in [-0.2, 0) is 14.8 Å². The van der Waals surface area contributed by atoms with E-state index in [1.165, 1.54) is 23.6 Å². The molecule has 1 saturated carbocycles. The van der Waals surface area contributed by atoms with Gasteiger partial charge in [-0.15, -0.1) is 0 Å². The van der Waals surface area contributed by atoms with Gasteiger partial charge in [0.2, 0.25) is 15.3 Å². The molecule has 0 amide bonds. The van der Waals surface area contributed by atoms with Gasteiger partial charge in [-0.1, -0.05) is 17.4 Å². The van der Waals surface area contributed by atoms with Crippen molar-refractivity contribution in [3.8, 4) is 21.8 Å². The Kier molecular flexibility index (Phi) is 5.74. The highest BCUT2D eigenvalue weighted by molar-refractivity contribution is 7.93. The van der Waals surface area contributed by atoms with Crippen molar-refractivity contribution in [2.24, 2.45) is 0 Å². The highest BCUT2D eigenvalue weighted by Gasteiger charge is 2.36. The Balaban J connectivity index is 1.60. The Hall–Kier alpha value is -2.34. The van der Waals surface area contributed by atoms with Gasteiger partial charge in [-0.05, 0) is 42.6 Å². The minimum atomic E-state index is -3.61. The van der Waals surface area contributed by atoms with Crippen molar-refractivity contribution in [1.29, 1.82) is 0 Å². The number of aromatic nitrogens is 3. The molecule has 3 heterocycles. The second-order valence-electron chi connectivity index (χ2n) is 7.50. The third-order valence-corrected chi connectivity index (χ3v) is 8.40. The molecule has 168 valence electrons. The molecule has 0 atom stereocenters. The van der Waals surface area contributed by atoms with Crippen LogP contribution in [0.15, 0.2) is 30.5 Å². The summed E-state index contributed by atoms with van der Waals surface area (Å²) in [5.41, 5.74) is 0.972. The lowest BCUT2D eigenvalue weighted by molar-refractivity contribution is 0.122. The van der Waals surface area contributed by atoms with Gasteiger partial charge in [0.25, 0.3) is 0 Å². The molecule has 0 bridgehead atoms. The highest BCUT2D eigenvalue weighted by Crippen LogP contribution is 2.42. The quantitative estimate of drug-likeness (QED) is 0.519. The molecule has 1 N–H and O–H groups in total. The van der Waals surface area contributed by atoms with E-state index in [4.69, 9.17) is 21.3 Å². The Labute approximate surface area is 193 Å². The van der Waals surface area contributed by atoms with E-state index in [9.17, 15) is 8.42 Å². The molecular formula is C20H19ClFN5O3S2. The van der Waals surface area contributed by atoms with Gasteiger partial charge in [0.1, 0.15) is 0 Å². The fourth-order valence-electron chi connectivity index (χ4n) is 3.42. The van der Waals surface area contributed by atoms with Gasteiger partial charge < -0.3 is 9.64 Å². The normalized spacial score (nSPS) is 16.9. The summed E-state index contributed by atoms with van der Waals surface area (Å²) < 4.78 is 48.1. The maximum atomic E-state index is 15.5. The molecule has 12 heteroatoms. The molecule has 32 heavy (non-hydrogen) atoms. The SMILES string of the molecule is O=S(=O)(Nc1cccc(-c2nc(N3CCOCC3)sc2-c2ccnc(Cl)n2)c1F)C1CC1. The first kappa shape index (κ1) is 21.5. The highest BCUT2D eigenvalue weighted by atomic mass is 35.5. The Morgan fingerprint density at radius 3 is 2.69 bits per heavy atom. The smallest absolute Gasteiger partial charge is 0.235 e. The van der Waals surface area contributed by atoms with Crippen LogP contribution in [0.4, 0.5) is 15.2 Å². The summed E-state index contributed by atoms with van der Waals surface area (Å²) in [6, 6.07) is 6.28. The molecule has 1 aromatic carbocycles. The molecular weight excluding hydrogens is 477 g/mol. The first-order valence-corrected chi connectivity index (χ1v) is 12.8. The van der Waals surface area contributed by atoms with Crippen LogP contribution in [0.2, 0.25) is 5.28 Å². The van der Waals surface area contributed by atoms with Gasteiger partial charge in [-0.3, -0.25) is 4.72 Å². The zero-order valence-corrected chi connectivity index (χ0v) is 19.2. The molecule has 8 nitrogen and oxygen atoms in total. The van der Waals surface area contributed by atoms with Crippen LogP contribution in [0, 0.1) is 5.82 Å². The molecule has 0 radical (unpaired) electrons. The van der Waals surface area contributed by atoms with Crippen LogP contribution in [0.5, 0.6) is 0 Å². The number of anilines is 2. The number of benzene rings is 1. The molecule has 1 aliphatic carbocycles. The number of nitrogens with zero attached hydrogens (tertiary/aromatic N) is 4. The molecule has 2 aliphatic rings. The van der Waals surface area contributed by atoms with Gasteiger partial charge in [0, 0.05) is 24.8 Å². The van der Waals surface area contributed by atoms with Crippen LogP contribution < -0.4 is 9.62 Å². The Bertz CT molecular complexity index is 1260. The molecule has 5 rings (SSSR count). The summed E-state index contributed by atoms with van der Waals surface area (Å²) in [5.74, 6) is -0.683. The summed E-state index contributed by atoms with van der Waals surface area (Å²) in [6.45, 7) is 2.49. The summed E-state index contributed by atoms with van der Waals surface area (Å²) >= 11 is 7.37. The van der Waals surface area contributed by atoms with Gasteiger partial charge in [-0.2, -0.15) is 0 Å². The summed E-state index contributed by atoms with van der Waals surface area (Å²) in [7, 11) is -3.61. The van der Waals surface area contributed by atoms with Gasteiger partial charge in [0.05, 0.1) is 40.4 Å². The average Bonchev–Trinajstić information content (AvgIpc) is 3.56. The predicted octanol–water partition coefficient (Wildman–Crippen LogP) is 3.80. The molecule has 1 aliphatic heterocycles. The molecule has 2 fully saturated rings. The topological polar surface area (TPSA) is 97.3 Å². The summed E-state index contributed by atoms with van der Waals surface area (Å²) in [5, 5.41) is 0.314. The van der Waals surface area contributed by atoms with E-state index < -0.39 is 21.1 Å². The van der Waals surface area contributed by atoms with E-state index in [0.717, 1.165) is 0 Å². The van der Waals surface area contributed by atoms with Crippen molar-refractivity contribution < 1.29 is 17.5 Å². The number of nitrogens with one attached hydrogen (secondary N) is 1. The van der Waals surface area contributed by atoms with E-state index in [0.29, 0.717) is 60.5 Å². The van der Waals surface area contributed by atoms with Crippen LogP contribution in [0.25, 0.3) is 21.8 Å². The first-order valence-electron chi connectivity index (χ1n) is 10.1. The minimum absolute atomic E-state index is 0.0705. The van der Waals surface area contributed by atoms with Gasteiger partial charge >= 0.3 is 0 Å². The van der Waals surface area contributed by atoms with Crippen LogP contribution in [0.1, 0.15) is 12.8 Å². The van der Waals surface area contributed by atoms with E-state index >= 15 is 4.39 Å². The number of halogens is 2. The number of sulfonamides is 1. The predicted molar refractivity (Wildman–Crippen MR) is 122 cm³/mol. The zero-order chi connectivity index (χ0) is 22.3. The van der Waals surface area contributed by atoms with E-state index in [1.54, 1.807) is 18.2 Å². The summed E-state index contributed by atoms with van der Waals surface area (Å²) in [4.78, 5) is 15.6. The zero-order valence-electron chi connectivity index (χ0n) is 16.8. The molecule has 1 saturated heterocycles. The Morgan fingerprint density at radius 1 is 1.19 bits per heavy atom. The number of morpholine rings is 1. The maximum Gasteiger partial charge on any atom is 0.235 e. The van der Waals surface area contributed by atoms with Crippen molar-refractivity contribution >= 4 is 43.8 Å². The molecule has 3 aromatic rings. The van der Waals surface area contributed by atoms with Gasteiger partial charge in [0.15, 0.2) is 10.9 Å². The standard InChI is InChI=1S/C20H19ClFN5O3S2/c21-19-23-7-6-15(24-19)18-17(25-20(31-18)27-8-10-30-11-9-27)13-2-1-3-14(16(13)22)26-32(28,29)12-4-5-12/h1-3,6-7,12,26H,4-5,8-11H2. The van der Waals surface area contributed by atoms with Crippen LogP contribution >= 0.6 is 22.9 Å². The average molecular weight is 496 g/mol. The maximum absolute atomic E-state index is 15.5. The van der Waals surface area contributed by atoms with E-state index in [-0.39, 0.29) is 16.5 Å². The van der Waals surface area contributed by atoms with Crippen molar-refractivity contribution in [3.63, 3.8) is 0 Å². The third-order valence-electron chi connectivity index (χ3n) is 5.23. The number of hydrogen-bond acceptors (Lipinski definition) is 8. The fourth-order valence-corrected chi connectivity index (χ4v) is 6.06. The number of hydrogen-bond donors (Lipinski definition) is 1. The molecule has 0 spiro atoms. The van der Waals surface area contributed by atoms with Gasteiger partial charge in [-0.25, -0.2) is 27.8 Å². The lowest BCUT2D eigenvalue weighted by Crippen LogP contribution is -2.36. The first-order chi connectivity index (χ1) is 15.4. The second kappa shape index (κ2) is 8.54. The number of thiazole rings is 1. The van der Waals surface area contributed by atoms with Crippen molar-refractivity contribution in [2.75, 3.05) is 35.9 Å². The number of ether oxygens (including phenoxy) is 1. The van der Waals surface area contributed by atoms with E-state index in [2.05, 4.69) is 19.6 Å². The number of rotatable bonds is 6. The second-order valence-corrected chi connectivity index (χ2v) is 10.8. The van der Waals surface area contributed by atoms with Crippen LogP contribution in [0.3, 0.4) is 0 Å². The summed E-state index contributed by atoms with van der Waals surface area (Å²) in [6.07, 6.45) is 2.70. The minimum Gasteiger partial charge on any atom is -0.378 e. The van der Waals surface area contributed by atoms with Crippen molar-refractivity contribution in [3.05, 3.63) is 41.6 Å². The lowest BCUT2D eigenvalue weighted by Gasteiger charge is -2.26. The Morgan fingerprint density at radius 2 is 1.97 bits per heavy atom. The van der Waals surface area contributed by atoms with E-state index in [1.807, 2.05) is 0 Å². The monoisotopic (exact) mass is 495 g/mol. The van der Waals surface area contributed by atoms with Crippen molar-refractivity contribution in [2.45, 2.75) is 18.1 Å². The lowest BCUT2D eigenvalue weighted by atomic mass is 10.1. The molecule has 0 unspecified atom stereocenters. The third kappa shape index (κ3) is 4.29. The van der Waals surface area contributed by atoms with Crippen LogP contribution in [-0.4, -0.2) is 54.9 Å². The van der Waals surface area contributed by atoms with Crippen molar-refractivity contribution in [1.82, 2.24) is 15.0 Å². The largest absolute Gasteiger partial charge is 0.378 e.